The van der Waals surface area contributed by atoms with Gasteiger partial charge in [0.25, 0.3) is 0 Å². The van der Waals surface area contributed by atoms with E-state index in [1.165, 1.54) is 11.1 Å². The van der Waals surface area contributed by atoms with E-state index in [2.05, 4.69) is 0 Å². The van der Waals surface area contributed by atoms with Crippen molar-refractivity contribution < 1.29 is 19.0 Å². The van der Waals surface area contributed by atoms with Crippen LogP contribution in [0.5, 0.6) is 17.2 Å². The molecule has 0 aliphatic carbocycles. The molecule has 0 bridgehead atoms. The summed E-state index contributed by atoms with van der Waals surface area (Å²) in [7, 11) is 1.60. The van der Waals surface area contributed by atoms with Crippen molar-refractivity contribution in [2.75, 3.05) is 20.3 Å². The summed E-state index contributed by atoms with van der Waals surface area (Å²) >= 11 is 0. The fourth-order valence-corrected chi connectivity index (χ4v) is 2.56. The maximum atomic E-state index is 12.7. The zero-order chi connectivity index (χ0) is 21.9. The Morgan fingerprint density at radius 2 is 1.47 bits per heavy atom. The highest BCUT2D eigenvalue weighted by atomic mass is 16.5. The Morgan fingerprint density at radius 3 is 2.10 bits per heavy atom. The maximum Gasteiger partial charge on any atom is 0.189 e. The lowest BCUT2D eigenvalue weighted by molar-refractivity contribution is 0.104. The minimum absolute atomic E-state index is 0.120. The molecule has 4 heteroatoms. The van der Waals surface area contributed by atoms with Gasteiger partial charge in [-0.05, 0) is 75.8 Å². The molecule has 4 nitrogen and oxygen atoms in total. The number of hydrogen-bond acceptors (Lipinski definition) is 4. The van der Waals surface area contributed by atoms with E-state index in [1.807, 2.05) is 76.2 Å². The van der Waals surface area contributed by atoms with Crippen molar-refractivity contribution >= 4 is 11.9 Å². The highest BCUT2D eigenvalue weighted by molar-refractivity contribution is 6.08. The summed E-state index contributed by atoms with van der Waals surface area (Å²) in [5.41, 5.74) is 3.74. The SMILES string of the molecule is COc1cc(/C=C/C(=O)c2ccccc2OCC=C(C)C)ccc1OCC=C(C)C. The molecule has 0 spiro atoms. The molecule has 0 aliphatic heterocycles. The normalized spacial score (nSPS) is 10.4. The fraction of sp³-hybridized carbons (Fsp3) is 0.269. The van der Waals surface area contributed by atoms with Gasteiger partial charge in [-0.25, -0.2) is 0 Å². The molecule has 30 heavy (non-hydrogen) atoms. The standard InChI is InChI=1S/C26H30O4/c1-19(2)14-16-29-24-9-7-6-8-22(24)23(27)12-10-21-11-13-25(26(18-21)28-5)30-17-15-20(3)4/h6-15,18H,16-17H2,1-5H3/b12-10+. The lowest BCUT2D eigenvalue weighted by Gasteiger charge is -2.10. The van der Waals surface area contributed by atoms with Crippen molar-refractivity contribution in [3.8, 4) is 17.2 Å². The Hall–Kier alpha value is -3.27. The second-order valence-corrected chi connectivity index (χ2v) is 7.29. The van der Waals surface area contributed by atoms with Gasteiger partial charge in [0, 0.05) is 0 Å². The van der Waals surface area contributed by atoms with Crippen molar-refractivity contribution in [3.05, 3.63) is 83.0 Å². The Kier molecular flexibility index (Phi) is 8.95. The number of ketones is 1. The lowest BCUT2D eigenvalue weighted by Crippen LogP contribution is -2.02. The van der Waals surface area contributed by atoms with Crippen LogP contribution < -0.4 is 14.2 Å². The summed E-state index contributed by atoms with van der Waals surface area (Å²) in [4.78, 5) is 12.7. The summed E-state index contributed by atoms with van der Waals surface area (Å²) in [5.74, 6) is 1.74. The van der Waals surface area contributed by atoms with E-state index in [4.69, 9.17) is 14.2 Å². The van der Waals surface area contributed by atoms with Crippen molar-refractivity contribution in [1.82, 2.24) is 0 Å². The van der Waals surface area contributed by atoms with Gasteiger partial charge in [-0.15, -0.1) is 0 Å². The van der Waals surface area contributed by atoms with Gasteiger partial charge in [-0.3, -0.25) is 4.79 Å². The van der Waals surface area contributed by atoms with E-state index in [0.717, 1.165) is 5.56 Å². The molecule has 0 aliphatic rings. The molecule has 2 aromatic rings. The zero-order valence-electron chi connectivity index (χ0n) is 18.4. The van der Waals surface area contributed by atoms with E-state index in [9.17, 15) is 4.79 Å². The predicted octanol–water partition coefficient (Wildman–Crippen LogP) is 6.28. The van der Waals surface area contributed by atoms with Crippen LogP contribution in [0.2, 0.25) is 0 Å². The number of carbonyl (C=O) groups excluding carboxylic acids is 1. The van der Waals surface area contributed by atoms with E-state index in [1.54, 1.807) is 25.3 Å². The van der Waals surface area contributed by atoms with Crippen molar-refractivity contribution in [3.63, 3.8) is 0 Å². The van der Waals surface area contributed by atoms with Gasteiger partial charge < -0.3 is 14.2 Å². The molecule has 0 saturated carbocycles. The average Bonchev–Trinajstić information content (AvgIpc) is 2.72. The third kappa shape index (κ3) is 7.28. The van der Waals surface area contributed by atoms with Crippen LogP contribution in [-0.2, 0) is 0 Å². The molecule has 0 saturated heterocycles. The van der Waals surface area contributed by atoms with Crippen LogP contribution in [-0.4, -0.2) is 26.1 Å². The highest BCUT2D eigenvalue weighted by Crippen LogP contribution is 2.29. The first-order chi connectivity index (χ1) is 14.4. The van der Waals surface area contributed by atoms with Gasteiger partial charge in [0.1, 0.15) is 19.0 Å². The van der Waals surface area contributed by atoms with Crippen LogP contribution in [0.15, 0.2) is 71.8 Å². The molecule has 0 unspecified atom stereocenters. The first-order valence-corrected chi connectivity index (χ1v) is 9.92. The second-order valence-electron chi connectivity index (χ2n) is 7.29. The van der Waals surface area contributed by atoms with Gasteiger partial charge in [-0.2, -0.15) is 0 Å². The van der Waals surface area contributed by atoms with E-state index in [0.29, 0.717) is 36.0 Å². The number of methoxy groups -OCH3 is 1. The van der Waals surface area contributed by atoms with E-state index >= 15 is 0 Å². The van der Waals surface area contributed by atoms with Crippen LogP contribution in [0.4, 0.5) is 0 Å². The fourth-order valence-electron chi connectivity index (χ4n) is 2.56. The topological polar surface area (TPSA) is 44.8 Å². The maximum absolute atomic E-state index is 12.7. The smallest absolute Gasteiger partial charge is 0.189 e. The molecular weight excluding hydrogens is 376 g/mol. The summed E-state index contributed by atoms with van der Waals surface area (Å²) in [5, 5.41) is 0. The zero-order valence-corrected chi connectivity index (χ0v) is 18.4. The third-order valence-electron chi connectivity index (χ3n) is 4.23. The molecule has 2 rings (SSSR count). The number of benzene rings is 2. The van der Waals surface area contributed by atoms with Gasteiger partial charge in [-0.1, -0.05) is 35.4 Å². The summed E-state index contributed by atoms with van der Waals surface area (Å²) in [6.45, 7) is 8.98. The molecule has 0 fully saturated rings. The molecule has 0 amide bonds. The van der Waals surface area contributed by atoms with Crippen LogP contribution in [0.25, 0.3) is 6.08 Å². The lowest BCUT2D eigenvalue weighted by atomic mass is 10.1. The number of ether oxygens (including phenoxy) is 3. The first kappa shape index (κ1) is 23.0. The molecule has 0 atom stereocenters. The van der Waals surface area contributed by atoms with Gasteiger partial charge >= 0.3 is 0 Å². The third-order valence-corrected chi connectivity index (χ3v) is 4.23. The minimum atomic E-state index is -0.120. The molecule has 0 radical (unpaired) electrons. The van der Waals surface area contributed by atoms with Crippen LogP contribution in [0.1, 0.15) is 43.6 Å². The minimum Gasteiger partial charge on any atom is -0.493 e. The van der Waals surface area contributed by atoms with Crippen LogP contribution in [0, 0.1) is 0 Å². The molecular formula is C26H30O4. The van der Waals surface area contributed by atoms with Gasteiger partial charge in [0.05, 0.1) is 12.7 Å². The molecule has 0 heterocycles. The number of rotatable bonds is 10. The number of para-hydroxylation sites is 1. The quantitative estimate of drug-likeness (QED) is 0.265. The van der Waals surface area contributed by atoms with Crippen LogP contribution in [0.3, 0.4) is 0 Å². The first-order valence-electron chi connectivity index (χ1n) is 9.92. The molecule has 158 valence electrons. The predicted molar refractivity (Wildman–Crippen MR) is 123 cm³/mol. The molecule has 0 N–H and O–H groups in total. The summed E-state index contributed by atoms with van der Waals surface area (Å²) < 4.78 is 16.9. The Bertz CT molecular complexity index is 943. The highest BCUT2D eigenvalue weighted by Gasteiger charge is 2.10. The van der Waals surface area contributed by atoms with Gasteiger partial charge in [0.2, 0.25) is 0 Å². The average molecular weight is 407 g/mol. The summed E-state index contributed by atoms with van der Waals surface area (Å²) in [6, 6.07) is 12.8. The molecule has 0 aromatic heterocycles. The Labute approximate surface area is 179 Å². The number of hydrogen-bond donors (Lipinski definition) is 0. The summed E-state index contributed by atoms with van der Waals surface area (Å²) in [6.07, 6.45) is 7.28. The monoisotopic (exact) mass is 406 g/mol. The largest absolute Gasteiger partial charge is 0.493 e. The van der Waals surface area contributed by atoms with Gasteiger partial charge in [0.15, 0.2) is 17.3 Å². The number of allylic oxidation sites excluding steroid dienone is 3. The number of carbonyl (C=O) groups is 1. The van der Waals surface area contributed by atoms with E-state index in [-0.39, 0.29) is 5.78 Å². The Balaban J connectivity index is 2.13. The van der Waals surface area contributed by atoms with Crippen LogP contribution >= 0.6 is 0 Å². The second kappa shape index (κ2) is 11.7. The Morgan fingerprint density at radius 1 is 0.833 bits per heavy atom. The van der Waals surface area contributed by atoms with E-state index < -0.39 is 0 Å². The van der Waals surface area contributed by atoms with Crippen molar-refractivity contribution in [2.24, 2.45) is 0 Å². The van der Waals surface area contributed by atoms with Crippen molar-refractivity contribution in [2.45, 2.75) is 27.7 Å². The molecule has 2 aromatic carbocycles. The van der Waals surface area contributed by atoms with Crippen molar-refractivity contribution in [1.29, 1.82) is 0 Å².